The monoisotopic (exact) mass is 220 g/mol. The third kappa shape index (κ3) is 2.73. The fourth-order valence-corrected chi connectivity index (χ4v) is 1.65. The summed E-state index contributed by atoms with van der Waals surface area (Å²) in [5.41, 5.74) is 5.60. The average Bonchev–Trinajstić information content (AvgIpc) is 2.26. The number of carbonyl (C=O) groups is 1. The summed E-state index contributed by atoms with van der Waals surface area (Å²) in [7, 11) is 0. The molecule has 0 aliphatic carbocycles. The molecule has 1 saturated heterocycles. The van der Waals surface area contributed by atoms with Crippen LogP contribution in [0.5, 0.6) is 5.75 Å². The second kappa shape index (κ2) is 4.99. The van der Waals surface area contributed by atoms with E-state index in [2.05, 4.69) is 0 Å². The van der Waals surface area contributed by atoms with Crippen molar-refractivity contribution < 1.29 is 9.53 Å². The quantitative estimate of drug-likeness (QED) is 0.809. The van der Waals surface area contributed by atoms with E-state index in [9.17, 15) is 4.79 Å². The molecular formula is C12H16N2O2. The van der Waals surface area contributed by atoms with Crippen molar-refractivity contribution in [1.29, 1.82) is 0 Å². The van der Waals surface area contributed by atoms with Gasteiger partial charge in [0.1, 0.15) is 5.75 Å². The molecule has 4 nitrogen and oxygen atoms in total. The van der Waals surface area contributed by atoms with Crippen LogP contribution >= 0.6 is 0 Å². The fraction of sp³-hybridized carbons (Fsp3) is 0.417. The van der Waals surface area contributed by atoms with Crippen molar-refractivity contribution in [1.82, 2.24) is 4.90 Å². The summed E-state index contributed by atoms with van der Waals surface area (Å²) in [4.78, 5) is 13.3. The van der Waals surface area contributed by atoms with E-state index in [1.54, 1.807) is 4.90 Å². The Morgan fingerprint density at radius 1 is 1.38 bits per heavy atom. The standard InChI is InChI=1S/C12H16N2O2/c13-10-8-14(9-10)12(15)6-7-16-11-4-2-1-3-5-11/h1-5,10H,6-9,13H2. The Morgan fingerprint density at radius 3 is 2.69 bits per heavy atom. The van der Waals surface area contributed by atoms with Gasteiger partial charge in [-0.1, -0.05) is 18.2 Å². The van der Waals surface area contributed by atoms with Crippen LogP contribution in [-0.2, 0) is 4.79 Å². The van der Waals surface area contributed by atoms with E-state index in [0.717, 1.165) is 5.75 Å². The van der Waals surface area contributed by atoms with Gasteiger partial charge in [0.15, 0.2) is 0 Å². The van der Waals surface area contributed by atoms with Gasteiger partial charge in [-0.2, -0.15) is 0 Å². The summed E-state index contributed by atoms with van der Waals surface area (Å²) < 4.78 is 5.44. The minimum atomic E-state index is 0.123. The molecule has 16 heavy (non-hydrogen) atoms. The van der Waals surface area contributed by atoms with Crippen LogP contribution in [0.15, 0.2) is 30.3 Å². The molecular weight excluding hydrogens is 204 g/mol. The fourth-order valence-electron chi connectivity index (χ4n) is 1.65. The van der Waals surface area contributed by atoms with Crippen molar-refractivity contribution in [3.63, 3.8) is 0 Å². The van der Waals surface area contributed by atoms with Crippen molar-refractivity contribution in [2.24, 2.45) is 5.73 Å². The van der Waals surface area contributed by atoms with Gasteiger partial charge in [-0.05, 0) is 12.1 Å². The van der Waals surface area contributed by atoms with Gasteiger partial charge in [0.2, 0.25) is 5.91 Å². The number of hydrogen-bond acceptors (Lipinski definition) is 3. The third-order valence-corrected chi connectivity index (χ3v) is 2.59. The van der Waals surface area contributed by atoms with Crippen molar-refractivity contribution in [2.75, 3.05) is 19.7 Å². The first-order valence-electron chi connectivity index (χ1n) is 5.47. The van der Waals surface area contributed by atoms with Gasteiger partial charge < -0.3 is 15.4 Å². The van der Waals surface area contributed by atoms with Gasteiger partial charge in [0.05, 0.1) is 13.0 Å². The van der Waals surface area contributed by atoms with E-state index in [0.29, 0.717) is 26.1 Å². The molecule has 1 amide bonds. The lowest BCUT2D eigenvalue weighted by molar-refractivity contribution is -0.136. The minimum Gasteiger partial charge on any atom is -0.493 e. The number of para-hydroxylation sites is 1. The van der Waals surface area contributed by atoms with Crippen LogP contribution in [0, 0.1) is 0 Å². The molecule has 0 bridgehead atoms. The number of ether oxygens (including phenoxy) is 1. The van der Waals surface area contributed by atoms with Gasteiger partial charge in [0, 0.05) is 19.1 Å². The first-order chi connectivity index (χ1) is 7.75. The maximum Gasteiger partial charge on any atom is 0.226 e. The number of amides is 1. The smallest absolute Gasteiger partial charge is 0.226 e. The van der Waals surface area contributed by atoms with Gasteiger partial charge in [-0.25, -0.2) is 0 Å². The number of hydrogen-bond donors (Lipinski definition) is 1. The molecule has 0 aromatic heterocycles. The van der Waals surface area contributed by atoms with E-state index in [-0.39, 0.29) is 11.9 Å². The molecule has 1 aliphatic rings. The number of carbonyl (C=O) groups excluding carboxylic acids is 1. The molecule has 0 unspecified atom stereocenters. The molecule has 2 rings (SSSR count). The Morgan fingerprint density at radius 2 is 2.06 bits per heavy atom. The summed E-state index contributed by atoms with van der Waals surface area (Å²) in [6.07, 6.45) is 0.418. The topological polar surface area (TPSA) is 55.6 Å². The molecule has 1 aromatic carbocycles. The van der Waals surface area contributed by atoms with Crippen LogP contribution in [0.25, 0.3) is 0 Å². The second-order valence-corrected chi connectivity index (χ2v) is 3.97. The Hall–Kier alpha value is -1.55. The van der Waals surface area contributed by atoms with Crippen LogP contribution in [0.3, 0.4) is 0 Å². The Bertz CT molecular complexity index is 347. The number of nitrogens with two attached hydrogens (primary N) is 1. The molecule has 4 heteroatoms. The molecule has 2 N–H and O–H groups in total. The van der Waals surface area contributed by atoms with Crippen molar-refractivity contribution in [2.45, 2.75) is 12.5 Å². The largest absolute Gasteiger partial charge is 0.493 e. The summed E-state index contributed by atoms with van der Waals surface area (Å²) >= 11 is 0. The summed E-state index contributed by atoms with van der Waals surface area (Å²) in [5.74, 6) is 0.924. The molecule has 86 valence electrons. The highest BCUT2D eigenvalue weighted by Crippen LogP contribution is 2.10. The maximum absolute atomic E-state index is 11.6. The minimum absolute atomic E-state index is 0.123. The zero-order chi connectivity index (χ0) is 11.4. The van der Waals surface area contributed by atoms with Gasteiger partial charge in [-0.15, -0.1) is 0 Å². The van der Waals surface area contributed by atoms with Crippen molar-refractivity contribution >= 4 is 5.91 Å². The number of likely N-dealkylation sites (tertiary alicyclic amines) is 1. The lowest BCUT2D eigenvalue weighted by Crippen LogP contribution is -2.58. The van der Waals surface area contributed by atoms with E-state index in [1.165, 1.54) is 0 Å². The van der Waals surface area contributed by atoms with Gasteiger partial charge >= 0.3 is 0 Å². The van der Waals surface area contributed by atoms with Crippen LogP contribution < -0.4 is 10.5 Å². The van der Waals surface area contributed by atoms with Crippen LogP contribution in [0.1, 0.15) is 6.42 Å². The first kappa shape index (κ1) is 11.0. The maximum atomic E-state index is 11.6. The molecule has 0 saturated carbocycles. The summed E-state index contributed by atoms with van der Waals surface area (Å²) in [5, 5.41) is 0. The molecule has 1 aromatic rings. The van der Waals surface area contributed by atoms with E-state index in [1.807, 2.05) is 30.3 Å². The SMILES string of the molecule is NC1CN(C(=O)CCOc2ccccc2)C1. The Kier molecular flexibility index (Phi) is 3.41. The number of rotatable bonds is 4. The zero-order valence-electron chi connectivity index (χ0n) is 9.13. The van der Waals surface area contributed by atoms with E-state index in [4.69, 9.17) is 10.5 Å². The molecule has 0 radical (unpaired) electrons. The van der Waals surface area contributed by atoms with Gasteiger partial charge in [0.25, 0.3) is 0 Å². The highest BCUT2D eigenvalue weighted by molar-refractivity contribution is 5.77. The zero-order valence-corrected chi connectivity index (χ0v) is 9.13. The van der Waals surface area contributed by atoms with Gasteiger partial charge in [-0.3, -0.25) is 4.79 Å². The van der Waals surface area contributed by atoms with Crippen molar-refractivity contribution in [3.8, 4) is 5.75 Å². The molecule has 0 atom stereocenters. The van der Waals surface area contributed by atoms with Crippen LogP contribution in [-0.4, -0.2) is 36.5 Å². The predicted octanol–water partition coefficient (Wildman–Crippen LogP) is 0.625. The molecule has 0 spiro atoms. The summed E-state index contributed by atoms with van der Waals surface area (Å²) in [6.45, 7) is 1.79. The van der Waals surface area contributed by atoms with E-state index >= 15 is 0 Å². The van der Waals surface area contributed by atoms with Crippen LogP contribution in [0.4, 0.5) is 0 Å². The number of benzene rings is 1. The third-order valence-electron chi connectivity index (χ3n) is 2.59. The average molecular weight is 220 g/mol. The normalized spacial score (nSPS) is 15.7. The predicted molar refractivity (Wildman–Crippen MR) is 61.1 cm³/mol. The Labute approximate surface area is 95.0 Å². The Balaban J connectivity index is 1.67. The van der Waals surface area contributed by atoms with Crippen molar-refractivity contribution in [3.05, 3.63) is 30.3 Å². The van der Waals surface area contributed by atoms with Crippen LogP contribution in [0.2, 0.25) is 0 Å². The summed E-state index contributed by atoms with van der Waals surface area (Å²) in [6, 6.07) is 9.67. The van der Waals surface area contributed by atoms with E-state index < -0.39 is 0 Å². The highest BCUT2D eigenvalue weighted by Gasteiger charge is 2.26. The molecule has 1 aliphatic heterocycles. The first-order valence-corrected chi connectivity index (χ1v) is 5.47. The molecule has 1 heterocycles. The second-order valence-electron chi connectivity index (χ2n) is 3.97. The highest BCUT2D eigenvalue weighted by atomic mass is 16.5. The molecule has 1 fully saturated rings. The number of nitrogens with zero attached hydrogens (tertiary/aromatic N) is 1. The lowest BCUT2D eigenvalue weighted by atomic mass is 10.1. The lowest BCUT2D eigenvalue weighted by Gasteiger charge is -2.36.